The van der Waals surface area contributed by atoms with Gasteiger partial charge >= 0.3 is 0 Å². The maximum atomic E-state index is 4.37. The average Bonchev–Trinajstić information content (AvgIpc) is 2.98. The zero-order valence-electron chi connectivity index (χ0n) is 12.2. The number of benzene rings is 2. The second kappa shape index (κ2) is 5.46. The highest BCUT2D eigenvalue weighted by molar-refractivity contribution is 7.98. The standard InChI is InChI=1S/C18H15N3S/c1-13-6-2-3-8-15(13)12-22-18-20-19-17-11-10-14-7-4-5-9-16(14)21(17)18/h2-11H,12H2,1H3. The number of fused-ring (bicyclic) bond motifs is 3. The summed E-state index contributed by atoms with van der Waals surface area (Å²) in [6.45, 7) is 2.15. The van der Waals surface area contributed by atoms with Crippen molar-refractivity contribution in [2.75, 3.05) is 0 Å². The predicted octanol–water partition coefficient (Wildman–Crippen LogP) is 4.48. The van der Waals surface area contributed by atoms with Gasteiger partial charge in [0.05, 0.1) is 5.52 Å². The van der Waals surface area contributed by atoms with Crippen LogP contribution in [0.5, 0.6) is 0 Å². The molecular weight excluding hydrogens is 290 g/mol. The first-order valence-electron chi connectivity index (χ1n) is 7.23. The van der Waals surface area contributed by atoms with E-state index in [0.29, 0.717) is 0 Å². The molecule has 2 heterocycles. The summed E-state index contributed by atoms with van der Waals surface area (Å²) in [4.78, 5) is 0. The molecule has 4 rings (SSSR count). The van der Waals surface area contributed by atoms with Crippen molar-refractivity contribution in [3.8, 4) is 0 Å². The first kappa shape index (κ1) is 13.3. The molecule has 4 heteroatoms. The number of hydrogen-bond acceptors (Lipinski definition) is 3. The quantitative estimate of drug-likeness (QED) is 0.523. The highest BCUT2D eigenvalue weighted by Crippen LogP contribution is 2.26. The number of para-hydroxylation sites is 1. The number of aromatic nitrogens is 3. The molecule has 0 aliphatic rings. The Bertz CT molecular complexity index is 959. The van der Waals surface area contributed by atoms with Gasteiger partial charge in [-0.25, -0.2) is 0 Å². The summed E-state index contributed by atoms with van der Waals surface area (Å²) in [5.74, 6) is 0.899. The number of aryl methyl sites for hydroxylation is 1. The van der Waals surface area contributed by atoms with Crippen molar-refractivity contribution in [2.24, 2.45) is 0 Å². The van der Waals surface area contributed by atoms with Crippen molar-refractivity contribution in [3.05, 3.63) is 71.8 Å². The number of hydrogen-bond donors (Lipinski definition) is 0. The number of rotatable bonds is 3. The Morgan fingerprint density at radius 1 is 0.909 bits per heavy atom. The second-order valence-electron chi connectivity index (χ2n) is 5.28. The van der Waals surface area contributed by atoms with Crippen molar-refractivity contribution in [2.45, 2.75) is 17.8 Å². The van der Waals surface area contributed by atoms with Crippen molar-refractivity contribution in [3.63, 3.8) is 0 Å². The van der Waals surface area contributed by atoms with E-state index in [1.165, 1.54) is 16.5 Å². The molecule has 0 atom stereocenters. The molecule has 0 fully saturated rings. The monoisotopic (exact) mass is 305 g/mol. The summed E-state index contributed by atoms with van der Waals surface area (Å²) in [5.41, 5.74) is 4.70. The van der Waals surface area contributed by atoms with Crippen LogP contribution in [0.3, 0.4) is 0 Å². The Morgan fingerprint density at radius 3 is 2.64 bits per heavy atom. The Hall–Kier alpha value is -2.33. The highest BCUT2D eigenvalue weighted by Gasteiger charge is 2.09. The Kier molecular flexibility index (Phi) is 3.31. The fourth-order valence-corrected chi connectivity index (χ4v) is 3.65. The fourth-order valence-electron chi connectivity index (χ4n) is 2.62. The molecule has 0 amide bonds. The van der Waals surface area contributed by atoms with Crippen LogP contribution in [-0.2, 0) is 5.75 Å². The molecule has 3 nitrogen and oxygen atoms in total. The van der Waals surface area contributed by atoms with E-state index >= 15 is 0 Å². The minimum absolute atomic E-state index is 0.894. The molecule has 0 spiro atoms. The molecule has 0 bridgehead atoms. The third-order valence-electron chi connectivity index (χ3n) is 3.87. The van der Waals surface area contributed by atoms with E-state index in [1.54, 1.807) is 11.8 Å². The molecule has 2 aromatic carbocycles. The van der Waals surface area contributed by atoms with Crippen molar-refractivity contribution in [1.82, 2.24) is 14.6 Å². The van der Waals surface area contributed by atoms with Gasteiger partial charge in [0.15, 0.2) is 10.8 Å². The van der Waals surface area contributed by atoms with E-state index in [1.807, 2.05) is 6.07 Å². The van der Waals surface area contributed by atoms with E-state index in [-0.39, 0.29) is 0 Å². The first-order chi connectivity index (χ1) is 10.8. The smallest absolute Gasteiger partial charge is 0.196 e. The molecule has 108 valence electrons. The zero-order valence-corrected chi connectivity index (χ0v) is 13.0. The van der Waals surface area contributed by atoms with Crippen LogP contribution in [0.2, 0.25) is 0 Å². The van der Waals surface area contributed by atoms with Crippen LogP contribution in [0.25, 0.3) is 16.6 Å². The molecule has 0 radical (unpaired) electrons. The lowest BCUT2D eigenvalue weighted by Gasteiger charge is -2.06. The second-order valence-corrected chi connectivity index (χ2v) is 6.23. The van der Waals surface area contributed by atoms with Gasteiger partial charge in [-0.2, -0.15) is 0 Å². The third kappa shape index (κ3) is 2.25. The Labute approximate surface area is 133 Å². The van der Waals surface area contributed by atoms with E-state index < -0.39 is 0 Å². The van der Waals surface area contributed by atoms with E-state index in [0.717, 1.165) is 22.1 Å². The highest BCUT2D eigenvalue weighted by atomic mass is 32.2. The number of thioether (sulfide) groups is 1. The van der Waals surface area contributed by atoms with Crippen molar-refractivity contribution < 1.29 is 0 Å². The van der Waals surface area contributed by atoms with Crippen LogP contribution < -0.4 is 0 Å². The molecule has 0 saturated heterocycles. The van der Waals surface area contributed by atoms with Gasteiger partial charge in [-0.1, -0.05) is 54.2 Å². The summed E-state index contributed by atoms with van der Waals surface area (Å²) >= 11 is 1.73. The lowest BCUT2D eigenvalue weighted by molar-refractivity contribution is 0.939. The zero-order chi connectivity index (χ0) is 14.9. The maximum Gasteiger partial charge on any atom is 0.196 e. The molecule has 0 aliphatic heterocycles. The topological polar surface area (TPSA) is 30.2 Å². The summed E-state index contributed by atoms with van der Waals surface area (Å²) < 4.78 is 2.14. The molecular formula is C18H15N3S. The van der Waals surface area contributed by atoms with Crippen LogP contribution in [0.15, 0.2) is 65.8 Å². The maximum absolute atomic E-state index is 4.37. The van der Waals surface area contributed by atoms with Crippen LogP contribution in [0.1, 0.15) is 11.1 Å². The minimum atomic E-state index is 0.894. The molecule has 0 unspecified atom stereocenters. The lowest BCUT2D eigenvalue weighted by atomic mass is 10.1. The average molecular weight is 305 g/mol. The first-order valence-corrected chi connectivity index (χ1v) is 8.22. The van der Waals surface area contributed by atoms with Gasteiger partial charge in [0.1, 0.15) is 0 Å². The Balaban J connectivity index is 1.76. The van der Waals surface area contributed by atoms with Gasteiger partial charge < -0.3 is 0 Å². The molecule has 2 aromatic heterocycles. The van der Waals surface area contributed by atoms with E-state index in [4.69, 9.17) is 0 Å². The molecule has 0 saturated carbocycles. The van der Waals surface area contributed by atoms with Crippen LogP contribution in [0, 0.1) is 6.92 Å². The Morgan fingerprint density at radius 2 is 1.73 bits per heavy atom. The number of nitrogens with zero attached hydrogens (tertiary/aromatic N) is 3. The predicted molar refractivity (Wildman–Crippen MR) is 91.2 cm³/mol. The fraction of sp³-hybridized carbons (Fsp3) is 0.111. The molecule has 22 heavy (non-hydrogen) atoms. The van der Waals surface area contributed by atoms with Gasteiger partial charge in [0.2, 0.25) is 0 Å². The normalized spacial score (nSPS) is 11.3. The van der Waals surface area contributed by atoms with Gasteiger partial charge in [-0.15, -0.1) is 10.2 Å². The van der Waals surface area contributed by atoms with E-state index in [9.17, 15) is 0 Å². The van der Waals surface area contributed by atoms with Crippen LogP contribution in [0.4, 0.5) is 0 Å². The van der Waals surface area contributed by atoms with E-state index in [2.05, 4.69) is 76.1 Å². The third-order valence-corrected chi connectivity index (χ3v) is 4.84. The molecule has 0 aliphatic carbocycles. The SMILES string of the molecule is Cc1ccccc1CSc1nnc2ccc3ccccc3n12. The number of pyridine rings is 1. The van der Waals surface area contributed by atoms with Crippen LogP contribution in [-0.4, -0.2) is 14.6 Å². The van der Waals surface area contributed by atoms with Gasteiger partial charge in [0.25, 0.3) is 0 Å². The van der Waals surface area contributed by atoms with Gasteiger partial charge in [-0.3, -0.25) is 4.40 Å². The summed E-state index contributed by atoms with van der Waals surface area (Å²) in [7, 11) is 0. The van der Waals surface area contributed by atoms with Gasteiger partial charge in [0, 0.05) is 5.75 Å². The summed E-state index contributed by atoms with van der Waals surface area (Å²) in [5, 5.41) is 10.8. The molecule has 4 aromatic rings. The summed E-state index contributed by atoms with van der Waals surface area (Å²) in [6.07, 6.45) is 0. The summed E-state index contributed by atoms with van der Waals surface area (Å²) in [6, 6.07) is 20.9. The lowest BCUT2D eigenvalue weighted by Crippen LogP contribution is -1.92. The van der Waals surface area contributed by atoms with Crippen molar-refractivity contribution in [1.29, 1.82) is 0 Å². The van der Waals surface area contributed by atoms with Gasteiger partial charge in [-0.05, 0) is 41.6 Å². The minimum Gasteiger partial charge on any atom is -0.270 e. The largest absolute Gasteiger partial charge is 0.270 e. The van der Waals surface area contributed by atoms with Crippen LogP contribution >= 0.6 is 11.8 Å². The molecule has 0 N–H and O–H groups in total. The van der Waals surface area contributed by atoms with Crippen molar-refractivity contribution >= 4 is 28.3 Å².